The third-order valence-electron chi connectivity index (χ3n) is 4.96. The van der Waals surface area contributed by atoms with Gasteiger partial charge in [-0.2, -0.15) is 0 Å². The first-order chi connectivity index (χ1) is 12.6. The second-order valence-electron chi connectivity index (χ2n) is 7.11. The van der Waals surface area contributed by atoms with Crippen LogP contribution in [-0.2, 0) is 10.0 Å². The minimum atomic E-state index is -3.26. The Kier molecular flexibility index (Phi) is 4.80. The van der Waals surface area contributed by atoms with Crippen molar-refractivity contribution in [1.29, 1.82) is 0 Å². The van der Waals surface area contributed by atoms with Crippen molar-refractivity contribution in [2.24, 2.45) is 0 Å². The van der Waals surface area contributed by atoms with Crippen LogP contribution in [0.25, 0.3) is 11.3 Å². The highest BCUT2D eigenvalue weighted by Gasteiger charge is 2.35. The Morgan fingerprint density at radius 1 is 0.962 bits per heavy atom. The second-order valence-corrected chi connectivity index (χ2v) is 9.07. The molecule has 1 aliphatic heterocycles. The first-order valence-corrected chi connectivity index (χ1v) is 10.9. The number of rotatable bonds is 5. The lowest BCUT2D eigenvalue weighted by Gasteiger charge is -2.20. The van der Waals surface area contributed by atoms with Crippen LogP contribution in [0, 0.1) is 0 Å². The second kappa shape index (κ2) is 7.23. The normalized spacial score (nSPS) is 18.4. The van der Waals surface area contributed by atoms with Crippen LogP contribution >= 0.6 is 0 Å². The summed E-state index contributed by atoms with van der Waals surface area (Å²) in [5.74, 6) is 0.918. The maximum absolute atomic E-state index is 12.1. The molecule has 0 atom stereocenters. The SMILES string of the molecule is O=S(=O)(Nc1cccc(-c2ccc(N3CCCCCC3)nn2)c1)C1CC1. The molecule has 1 saturated carbocycles. The standard InChI is InChI=1S/C19H24N4O2S/c24-26(25,17-8-9-17)22-16-7-5-6-15(14-16)18-10-11-19(21-20-18)23-12-3-1-2-4-13-23/h5-7,10-11,14,17,22H,1-4,8-9,12-13H2. The number of hydrogen-bond acceptors (Lipinski definition) is 5. The molecule has 2 aromatic rings. The quantitative estimate of drug-likeness (QED) is 0.870. The molecule has 0 amide bonds. The number of sulfonamides is 1. The van der Waals surface area contributed by atoms with Gasteiger partial charge in [0.05, 0.1) is 10.9 Å². The fourth-order valence-corrected chi connectivity index (χ4v) is 4.69. The summed E-state index contributed by atoms with van der Waals surface area (Å²) < 4.78 is 26.9. The molecular formula is C19H24N4O2S. The lowest BCUT2D eigenvalue weighted by Crippen LogP contribution is -2.25. The third kappa shape index (κ3) is 3.98. The number of nitrogens with zero attached hydrogens (tertiary/aromatic N) is 3. The Morgan fingerprint density at radius 2 is 1.73 bits per heavy atom. The summed E-state index contributed by atoms with van der Waals surface area (Å²) in [5, 5.41) is 8.53. The van der Waals surface area contributed by atoms with Gasteiger partial charge in [-0.05, 0) is 49.9 Å². The third-order valence-corrected chi connectivity index (χ3v) is 6.83. The molecule has 1 aliphatic carbocycles. The van der Waals surface area contributed by atoms with Gasteiger partial charge in [-0.1, -0.05) is 25.0 Å². The highest BCUT2D eigenvalue weighted by atomic mass is 32.2. The summed E-state index contributed by atoms with van der Waals surface area (Å²) in [7, 11) is -3.26. The molecule has 26 heavy (non-hydrogen) atoms. The van der Waals surface area contributed by atoms with E-state index in [1.54, 1.807) is 6.07 Å². The monoisotopic (exact) mass is 372 g/mol. The molecule has 1 saturated heterocycles. The number of nitrogens with one attached hydrogen (secondary N) is 1. The van der Waals surface area contributed by atoms with Gasteiger partial charge >= 0.3 is 0 Å². The van der Waals surface area contributed by atoms with Gasteiger partial charge in [0, 0.05) is 24.3 Å². The molecule has 138 valence electrons. The Balaban J connectivity index is 1.51. The number of hydrogen-bond donors (Lipinski definition) is 1. The summed E-state index contributed by atoms with van der Waals surface area (Å²) in [5.41, 5.74) is 2.18. The van der Waals surface area contributed by atoms with Crippen molar-refractivity contribution in [3.05, 3.63) is 36.4 Å². The number of benzene rings is 1. The molecule has 0 spiro atoms. The van der Waals surface area contributed by atoms with E-state index in [1.807, 2.05) is 30.3 Å². The van der Waals surface area contributed by atoms with Gasteiger partial charge in [0.25, 0.3) is 0 Å². The van der Waals surface area contributed by atoms with E-state index in [4.69, 9.17) is 0 Å². The van der Waals surface area contributed by atoms with Crippen molar-refractivity contribution in [3.8, 4) is 11.3 Å². The van der Waals surface area contributed by atoms with E-state index in [1.165, 1.54) is 25.7 Å². The molecule has 0 unspecified atom stereocenters. The number of aromatic nitrogens is 2. The average Bonchev–Trinajstić information content (AvgIpc) is 3.49. The number of anilines is 2. The van der Waals surface area contributed by atoms with Crippen LogP contribution in [0.3, 0.4) is 0 Å². The molecule has 1 N–H and O–H groups in total. The largest absolute Gasteiger partial charge is 0.355 e. The Hall–Kier alpha value is -2.15. The molecule has 1 aromatic carbocycles. The topological polar surface area (TPSA) is 75.2 Å². The molecule has 0 radical (unpaired) electrons. The smallest absolute Gasteiger partial charge is 0.235 e. The van der Waals surface area contributed by atoms with Crippen molar-refractivity contribution in [2.45, 2.75) is 43.8 Å². The van der Waals surface area contributed by atoms with Gasteiger partial charge in [0.1, 0.15) is 0 Å². The van der Waals surface area contributed by atoms with E-state index in [-0.39, 0.29) is 5.25 Å². The molecule has 1 aromatic heterocycles. The van der Waals surface area contributed by atoms with Crippen molar-refractivity contribution in [1.82, 2.24) is 10.2 Å². The van der Waals surface area contributed by atoms with Crippen LogP contribution in [0.15, 0.2) is 36.4 Å². The van der Waals surface area contributed by atoms with E-state index in [9.17, 15) is 8.42 Å². The summed E-state index contributed by atoms with van der Waals surface area (Å²) in [6, 6.07) is 11.3. The van der Waals surface area contributed by atoms with Crippen LogP contribution < -0.4 is 9.62 Å². The van der Waals surface area contributed by atoms with Gasteiger partial charge in [-0.15, -0.1) is 10.2 Å². The zero-order valence-electron chi connectivity index (χ0n) is 14.8. The van der Waals surface area contributed by atoms with Crippen LogP contribution in [0.1, 0.15) is 38.5 Å². The molecule has 4 rings (SSSR count). The first kappa shape index (κ1) is 17.3. The van der Waals surface area contributed by atoms with Crippen molar-refractivity contribution in [2.75, 3.05) is 22.7 Å². The Bertz CT molecular complexity index is 855. The van der Waals surface area contributed by atoms with Crippen molar-refractivity contribution in [3.63, 3.8) is 0 Å². The van der Waals surface area contributed by atoms with Crippen LogP contribution in [0.2, 0.25) is 0 Å². The average molecular weight is 372 g/mol. The van der Waals surface area contributed by atoms with Gasteiger partial charge in [-0.3, -0.25) is 4.72 Å². The summed E-state index contributed by atoms with van der Waals surface area (Å²) in [4.78, 5) is 2.30. The van der Waals surface area contributed by atoms with Crippen molar-refractivity contribution < 1.29 is 8.42 Å². The van der Waals surface area contributed by atoms with Crippen LogP contribution in [-0.4, -0.2) is 37.0 Å². The molecular weight excluding hydrogens is 348 g/mol. The maximum Gasteiger partial charge on any atom is 0.235 e. The maximum atomic E-state index is 12.1. The van der Waals surface area contributed by atoms with Gasteiger partial charge in [0.2, 0.25) is 10.0 Å². The minimum Gasteiger partial charge on any atom is -0.355 e. The molecule has 6 nitrogen and oxygen atoms in total. The summed E-state index contributed by atoms with van der Waals surface area (Å²) in [6.07, 6.45) is 6.47. The molecule has 2 heterocycles. The summed E-state index contributed by atoms with van der Waals surface area (Å²) in [6.45, 7) is 2.07. The molecule has 2 fully saturated rings. The Labute approximate surface area is 154 Å². The molecule has 2 aliphatic rings. The highest BCUT2D eigenvalue weighted by Crippen LogP contribution is 2.30. The fraction of sp³-hybridized carbons (Fsp3) is 0.474. The van der Waals surface area contributed by atoms with Gasteiger partial charge < -0.3 is 4.90 Å². The summed E-state index contributed by atoms with van der Waals surface area (Å²) >= 11 is 0. The zero-order valence-corrected chi connectivity index (χ0v) is 15.6. The predicted octanol–water partition coefficient (Wildman–Crippen LogP) is 3.43. The lowest BCUT2D eigenvalue weighted by atomic mass is 10.1. The molecule has 7 heteroatoms. The Morgan fingerprint density at radius 3 is 2.38 bits per heavy atom. The van der Waals surface area contributed by atoms with Crippen molar-refractivity contribution >= 4 is 21.5 Å². The fourth-order valence-electron chi connectivity index (χ4n) is 3.32. The first-order valence-electron chi connectivity index (χ1n) is 9.32. The zero-order chi connectivity index (χ0) is 18.0. The van der Waals surface area contributed by atoms with E-state index in [2.05, 4.69) is 19.8 Å². The van der Waals surface area contributed by atoms with Crippen LogP contribution in [0.4, 0.5) is 11.5 Å². The van der Waals surface area contributed by atoms with E-state index in [0.29, 0.717) is 5.69 Å². The highest BCUT2D eigenvalue weighted by molar-refractivity contribution is 7.93. The predicted molar refractivity (Wildman–Crippen MR) is 104 cm³/mol. The van der Waals surface area contributed by atoms with Gasteiger partial charge in [-0.25, -0.2) is 8.42 Å². The minimum absolute atomic E-state index is 0.237. The van der Waals surface area contributed by atoms with E-state index in [0.717, 1.165) is 43.0 Å². The van der Waals surface area contributed by atoms with Gasteiger partial charge in [0.15, 0.2) is 5.82 Å². The lowest BCUT2D eigenvalue weighted by molar-refractivity contribution is 0.600. The van der Waals surface area contributed by atoms with E-state index >= 15 is 0 Å². The molecule has 0 bridgehead atoms. The van der Waals surface area contributed by atoms with E-state index < -0.39 is 10.0 Å². The van der Waals surface area contributed by atoms with Crippen LogP contribution in [0.5, 0.6) is 0 Å².